The molecule has 2 aliphatic rings. The first-order valence-electron chi connectivity index (χ1n) is 12.2. The molecule has 0 spiro atoms. The van der Waals surface area contributed by atoms with Crippen molar-refractivity contribution in [1.29, 1.82) is 0 Å². The van der Waals surface area contributed by atoms with E-state index < -0.39 is 0 Å². The second-order valence-electron chi connectivity index (χ2n) is 9.60. The lowest BCUT2D eigenvalue weighted by molar-refractivity contribution is 0.156. The highest BCUT2D eigenvalue weighted by Crippen LogP contribution is 2.45. The first-order valence-corrected chi connectivity index (χ1v) is 12.2. The van der Waals surface area contributed by atoms with Gasteiger partial charge in [0.15, 0.2) is 0 Å². The quantitative estimate of drug-likeness (QED) is 0.382. The van der Waals surface area contributed by atoms with E-state index in [9.17, 15) is 0 Å². The fourth-order valence-electron chi connectivity index (χ4n) is 5.86. The summed E-state index contributed by atoms with van der Waals surface area (Å²) in [7, 11) is 0. The zero-order valence-corrected chi connectivity index (χ0v) is 18.9. The van der Waals surface area contributed by atoms with Crippen LogP contribution in [0.5, 0.6) is 5.75 Å². The van der Waals surface area contributed by atoms with Gasteiger partial charge in [0.05, 0.1) is 0 Å². The molecule has 0 N–H and O–H groups in total. The van der Waals surface area contributed by atoms with Crippen LogP contribution in [0.15, 0.2) is 43.5 Å². The molecule has 0 amide bonds. The van der Waals surface area contributed by atoms with E-state index in [0.29, 0.717) is 18.4 Å². The second kappa shape index (κ2) is 11.0. The second-order valence-corrected chi connectivity index (χ2v) is 9.60. The maximum absolute atomic E-state index is 5.91. The van der Waals surface area contributed by atoms with Crippen molar-refractivity contribution in [2.45, 2.75) is 89.9 Å². The van der Waals surface area contributed by atoms with Crippen LogP contribution in [0.25, 0.3) is 0 Å². The molecular formula is C28H42O. The lowest BCUT2D eigenvalue weighted by Gasteiger charge is -2.38. The average molecular weight is 395 g/mol. The molecule has 0 aliphatic heterocycles. The van der Waals surface area contributed by atoms with Gasteiger partial charge in [0.2, 0.25) is 0 Å². The van der Waals surface area contributed by atoms with Gasteiger partial charge in [-0.25, -0.2) is 0 Å². The summed E-state index contributed by atoms with van der Waals surface area (Å²) in [5, 5.41) is 0. The Bertz CT molecular complexity index is 644. The van der Waals surface area contributed by atoms with Gasteiger partial charge in [0, 0.05) is 11.5 Å². The monoisotopic (exact) mass is 394 g/mol. The van der Waals surface area contributed by atoms with Gasteiger partial charge in [0.25, 0.3) is 0 Å². The van der Waals surface area contributed by atoms with Crippen LogP contribution < -0.4 is 4.74 Å². The van der Waals surface area contributed by atoms with E-state index in [2.05, 4.69) is 45.2 Å². The molecule has 0 bridgehead atoms. The van der Waals surface area contributed by atoms with E-state index in [1.165, 1.54) is 75.3 Å². The van der Waals surface area contributed by atoms with Crippen molar-refractivity contribution in [1.82, 2.24) is 0 Å². The lowest BCUT2D eigenvalue weighted by Crippen LogP contribution is -2.25. The van der Waals surface area contributed by atoms with Crippen LogP contribution in [0.1, 0.15) is 101 Å². The molecule has 1 nitrogen and oxygen atoms in total. The first kappa shape index (κ1) is 22.2. The Kier molecular flexibility index (Phi) is 8.45. The molecule has 1 atom stereocenters. The molecule has 0 radical (unpaired) electrons. The molecule has 2 fully saturated rings. The van der Waals surface area contributed by atoms with Crippen molar-refractivity contribution in [2.75, 3.05) is 6.61 Å². The van der Waals surface area contributed by atoms with Crippen molar-refractivity contribution in [3.63, 3.8) is 0 Å². The smallest absolute Gasteiger partial charge is 0.123 e. The summed E-state index contributed by atoms with van der Waals surface area (Å²) in [6.45, 7) is 12.9. The van der Waals surface area contributed by atoms with E-state index >= 15 is 0 Å². The molecule has 3 rings (SSSR count). The van der Waals surface area contributed by atoms with E-state index in [1.807, 2.05) is 12.2 Å². The fourth-order valence-corrected chi connectivity index (χ4v) is 5.86. The third-order valence-corrected chi connectivity index (χ3v) is 7.73. The van der Waals surface area contributed by atoms with Crippen LogP contribution >= 0.6 is 0 Å². The van der Waals surface area contributed by atoms with Crippen molar-refractivity contribution >= 4 is 0 Å². The summed E-state index contributed by atoms with van der Waals surface area (Å²) in [6, 6.07) is 6.87. The number of rotatable bonds is 9. The number of ether oxygens (including phenoxy) is 1. The average Bonchev–Trinajstić information content (AvgIpc) is 2.78. The number of hydrogen-bond acceptors (Lipinski definition) is 1. The van der Waals surface area contributed by atoms with Crippen LogP contribution in [-0.2, 0) is 0 Å². The zero-order valence-electron chi connectivity index (χ0n) is 18.9. The molecule has 0 saturated heterocycles. The standard InChI is InChI=1S/C28H42O/c1-5-8-22-9-11-23(12-10-22)24-13-15-25(16-14-24)26-17-18-28(29-19-6-2)27(20-26)21(4)7-3/h6-7,17-18,20-25H,2-3,5,8-16,19H2,1,4H3. The summed E-state index contributed by atoms with van der Waals surface area (Å²) in [6.07, 6.45) is 18.2. The van der Waals surface area contributed by atoms with Crippen LogP contribution in [0, 0.1) is 17.8 Å². The lowest BCUT2D eigenvalue weighted by atomic mass is 9.68. The third kappa shape index (κ3) is 5.77. The molecule has 1 aromatic carbocycles. The predicted molar refractivity (Wildman–Crippen MR) is 126 cm³/mol. The van der Waals surface area contributed by atoms with Gasteiger partial charge in [-0.2, -0.15) is 0 Å². The zero-order chi connectivity index (χ0) is 20.6. The summed E-state index contributed by atoms with van der Waals surface area (Å²) < 4.78 is 5.91. The molecule has 0 heterocycles. The summed E-state index contributed by atoms with van der Waals surface area (Å²) in [5.74, 6) is 5.03. The molecule has 1 heteroatoms. The van der Waals surface area contributed by atoms with Crippen LogP contribution in [0.3, 0.4) is 0 Å². The molecule has 0 aromatic heterocycles. The van der Waals surface area contributed by atoms with E-state index in [-0.39, 0.29) is 0 Å². The Hall–Kier alpha value is -1.50. The minimum atomic E-state index is 0.310. The summed E-state index contributed by atoms with van der Waals surface area (Å²) >= 11 is 0. The number of benzene rings is 1. The highest BCUT2D eigenvalue weighted by atomic mass is 16.5. The summed E-state index contributed by atoms with van der Waals surface area (Å²) in [4.78, 5) is 0. The van der Waals surface area contributed by atoms with Gasteiger partial charge in [-0.3, -0.25) is 0 Å². The SMILES string of the molecule is C=CCOc1ccc(C2CCC(C3CCC(CCC)CC3)CC2)cc1C(C)C=C. The Balaban J connectivity index is 1.59. The molecule has 2 saturated carbocycles. The molecule has 160 valence electrons. The molecule has 1 aromatic rings. The van der Waals surface area contributed by atoms with Crippen molar-refractivity contribution in [3.8, 4) is 5.75 Å². The summed E-state index contributed by atoms with van der Waals surface area (Å²) in [5.41, 5.74) is 2.78. The van der Waals surface area contributed by atoms with Gasteiger partial charge < -0.3 is 4.74 Å². The maximum Gasteiger partial charge on any atom is 0.123 e. The van der Waals surface area contributed by atoms with E-state index in [1.54, 1.807) is 0 Å². The maximum atomic E-state index is 5.91. The Morgan fingerprint density at radius 2 is 1.66 bits per heavy atom. The van der Waals surface area contributed by atoms with Crippen LogP contribution in [-0.4, -0.2) is 6.61 Å². The highest BCUT2D eigenvalue weighted by molar-refractivity contribution is 5.42. The van der Waals surface area contributed by atoms with Crippen molar-refractivity contribution < 1.29 is 4.74 Å². The van der Waals surface area contributed by atoms with Gasteiger partial charge >= 0.3 is 0 Å². The van der Waals surface area contributed by atoms with Crippen molar-refractivity contribution in [2.24, 2.45) is 17.8 Å². The van der Waals surface area contributed by atoms with E-state index in [0.717, 1.165) is 23.5 Å². The normalized spacial score (nSPS) is 28.5. The van der Waals surface area contributed by atoms with Gasteiger partial charge in [-0.05, 0) is 73.8 Å². The molecular weight excluding hydrogens is 352 g/mol. The molecule has 1 unspecified atom stereocenters. The minimum absolute atomic E-state index is 0.310. The Morgan fingerprint density at radius 1 is 1.00 bits per heavy atom. The largest absolute Gasteiger partial charge is 0.489 e. The third-order valence-electron chi connectivity index (χ3n) is 7.73. The fraction of sp³-hybridized carbons (Fsp3) is 0.643. The van der Waals surface area contributed by atoms with Crippen LogP contribution in [0.4, 0.5) is 0 Å². The molecule has 29 heavy (non-hydrogen) atoms. The van der Waals surface area contributed by atoms with Crippen molar-refractivity contribution in [3.05, 3.63) is 54.6 Å². The minimum Gasteiger partial charge on any atom is -0.489 e. The van der Waals surface area contributed by atoms with Gasteiger partial charge in [-0.15, -0.1) is 6.58 Å². The topological polar surface area (TPSA) is 9.23 Å². The predicted octanol–water partition coefficient (Wildman–Crippen LogP) is 8.42. The Morgan fingerprint density at radius 3 is 2.24 bits per heavy atom. The molecule has 2 aliphatic carbocycles. The van der Waals surface area contributed by atoms with Gasteiger partial charge in [0.1, 0.15) is 12.4 Å². The number of allylic oxidation sites excluding steroid dienone is 1. The number of hydrogen-bond donors (Lipinski definition) is 0. The first-order chi connectivity index (χ1) is 14.2. The highest BCUT2D eigenvalue weighted by Gasteiger charge is 2.31. The van der Waals surface area contributed by atoms with Gasteiger partial charge in [-0.1, -0.05) is 70.4 Å². The Labute approximate surface area is 179 Å². The van der Waals surface area contributed by atoms with Crippen LogP contribution in [0.2, 0.25) is 0 Å². The van der Waals surface area contributed by atoms with E-state index in [4.69, 9.17) is 4.74 Å².